The molecule has 0 spiro atoms. The van der Waals surface area contributed by atoms with Crippen LogP contribution in [0.1, 0.15) is 22.3 Å². The molecule has 0 saturated heterocycles. The summed E-state index contributed by atoms with van der Waals surface area (Å²) in [5.74, 6) is 0. The molecule has 2 rings (SSSR count). The van der Waals surface area contributed by atoms with E-state index in [-0.39, 0.29) is 0 Å². The van der Waals surface area contributed by atoms with E-state index in [2.05, 4.69) is 94.3 Å². The summed E-state index contributed by atoms with van der Waals surface area (Å²) in [6, 6.07) is 12.7. The molecule has 18 heavy (non-hydrogen) atoms. The molecule has 0 heterocycles. The van der Waals surface area contributed by atoms with E-state index in [9.17, 15) is 0 Å². The van der Waals surface area contributed by atoms with Crippen molar-refractivity contribution in [2.45, 2.75) is 13.8 Å². The Labute approximate surface area is 125 Å². The molecule has 0 amide bonds. The van der Waals surface area contributed by atoms with Crippen molar-refractivity contribution >= 4 is 44.0 Å². The summed E-state index contributed by atoms with van der Waals surface area (Å²) in [6.45, 7) is 4.20. The molecule has 0 aliphatic carbocycles. The Morgan fingerprint density at radius 1 is 0.722 bits per heavy atom. The Hall–Kier alpha value is -0.860. The normalized spacial score (nSPS) is 11.1. The molecule has 0 fully saturated rings. The van der Waals surface area contributed by atoms with Crippen molar-refractivity contribution in [3.05, 3.63) is 67.6 Å². The van der Waals surface area contributed by atoms with Gasteiger partial charge in [-0.3, -0.25) is 0 Å². The summed E-state index contributed by atoms with van der Waals surface area (Å²) in [5, 5.41) is 0. The molecule has 0 radical (unpaired) electrons. The molecule has 0 nitrogen and oxygen atoms in total. The first-order valence-corrected chi connectivity index (χ1v) is 7.35. The summed E-state index contributed by atoms with van der Waals surface area (Å²) in [4.78, 5) is 0. The van der Waals surface area contributed by atoms with Crippen molar-refractivity contribution in [1.82, 2.24) is 0 Å². The molecule has 0 aromatic heterocycles. The smallest absolute Gasteiger partial charge is 0.0204 e. The summed E-state index contributed by atoms with van der Waals surface area (Å²) >= 11 is 7.03. The molecule has 0 aliphatic heterocycles. The maximum atomic E-state index is 3.51. The molecular weight excluding hydrogens is 352 g/mol. The van der Waals surface area contributed by atoms with Crippen LogP contribution < -0.4 is 0 Å². The molecule has 0 N–H and O–H groups in total. The minimum absolute atomic E-state index is 1.15. The highest BCUT2D eigenvalue weighted by molar-refractivity contribution is 9.10. The molecular formula is C16H14Br2. The van der Waals surface area contributed by atoms with Gasteiger partial charge in [0.25, 0.3) is 0 Å². The number of benzene rings is 2. The zero-order valence-corrected chi connectivity index (χ0v) is 13.5. The fourth-order valence-electron chi connectivity index (χ4n) is 1.74. The van der Waals surface area contributed by atoms with E-state index in [1.165, 1.54) is 22.3 Å². The monoisotopic (exact) mass is 364 g/mol. The Bertz CT molecular complexity index is 545. The van der Waals surface area contributed by atoms with Crippen molar-refractivity contribution in [2.75, 3.05) is 0 Å². The van der Waals surface area contributed by atoms with Crippen LogP contribution in [-0.4, -0.2) is 0 Å². The predicted molar refractivity (Wildman–Crippen MR) is 86.7 cm³/mol. The summed E-state index contributed by atoms with van der Waals surface area (Å²) in [6.07, 6.45) is 4.28. The van der Waals surface area contributed by atoms with E-state index in [1.54, 1.807) is 0 Å². The van der Waals surface area contributed by atoms with E-state index in [0.29, 0.717) is 0 Å². The van der Waals surface area contributed by atoms with Gasteiger partial charge in [0.1, 0.15) is 0 Å². The number of hydrogen-bond acceptors (Lipinski definition) is 0. The molecule has 0 aliphatic rings. The van der Waals surface area contributed by atoms with E-state index in [4.69, 9.17) is 0 Å². The van der Waals surface area contributed by atoms with Crippen LogP contribution in [0.2, 0.25) is 0 Å². The first-order valence-electron chi connectivity index (χ1n) is 5.76. The molecule has 2 aromatic carbocycles. The second kappa shape index (κ2) is 5.85. The average molecular weight is 366 g/mol. The zero-order chi connectivity index (χ0) is 13.1. The van der Waals surface area contributed by atoms with Crippen molar-refractivity contribution in [3.63, 3.8) is 0 Å². The Kier molecular flexibility index (Phi) is 4.41. The van der Waals surface area contributed by atoms with E-state index >= 15 is 0 Å². The molecule has 2 heteroatoms. The molecule has 0 bridgehead atoms. The zero-order valence-electron chi connectivity index (χ0n) is 10.4. The third-order valence-corrected chi connectivity index (χ3v) is 4.61. The standard InChI is InChI=1S/C16H14Br2/c1-11-9-13(5-7-15(11)17)3-4-14-6-8-16(18)12(2)10-14/h3-10H,1-2H3/b4-3-. The summed E-state index contributed by atoms with van der Waals surface area (Å²) < 4.78 is 2.30. The van der Waals surface area contributed by atoms with E-state index in [0.717, 1.165) is 8.95 Å². The SMILES string of the molecule is Cc1cc(/C=C\c2ccc(Br)c(C)c2)ccc1Br. The Morgan fingerprint density at radius 2 is 1.11 bits per heavy atom. The number of aryl methyl sites for hydroxylation is 2. The largest absolute Gasteiger partial charge is 0.0544 e. The number of halogens is 2. The van der Waals surface area contributed by atoms with Crippen molar-refractivity contribution in [3.8, 4) is 0 Å². The van der Waals surface area contributed by atoms with E-state index < -0.39 is 0 Å². The van der Waals surface area contributed by atoms with Crippen LogP contribution in [0.5, 0.6) is 0 Å². The Morgan fingerprint density at radius 3 is 1.44 bits per heavy atom. The van der Waals surface area contributed by atoms with Gasteiger partial charge in [0.2, 0.25) is 0 Å². The number of hydrogen-bond donors (Lipinski definition) is 0. The third-order valence-electron chi connectivity index (χ3n) is 2.83. The summed E-state index contributed by atoms with van der Waals surface area (Å²) in [5.41, 5.74) is 4.95. The first-order chi connectivity index (χ1) is 8.56. The van der Waals surface area contributed by atoms with E-state index in [1.807, 2.05) is 0 Å². The number of rotatable bonds is 2. The second-order valence-electron chi connectivity index (χ2n) is 4.35. The lowest BCUT2D eigenvalue weighted by Crippen LogP contribution is -1.80. The minimum Gasteiger partial charge on any atom is -0.0544 e. The highest BCUT2D eigenvalue weighted by Gasteiger charge is 1.96. The van der Waals surface area contributed by atoms with Gasteiger partial charge < -0.3 is 0 Å². The molecule has 0 unspecified atom stereocenters. The van der Waals surface area contributed by atoms with Crippen LogP contribution in [0, 0.1) is 13.8 Å². The van der Waals surface area contributed by atoms with Crippen LogP contribution >= 0.6 is 31.9 Å². The highest BCUT2D eigenvalue weighted by Crippen LogP contribution is 2.20. The van der Waals surface area contributed by atoms with Gasteiger partial charge in [0.15, 0.2) is 0 Å². The van der Waals surface area contributed by atoms with Gasteiger partial charge >= 0.3 is 0 Å². The van der Waals surface area contributed by atoms with Gasteiger partial charge in [0.05, 0.1) is 0 Å². The van der Waals surface area contributed by atoms with Crippen molar-refractivity contribution in [1.29, 1.82) is 0 Å². The third kappa shape index (κ3) is 3.33. The van der Waals surface area contributed by atoms with Crippen LogP contribution in [-0.2, 0) is 0 Å². The Balaban J connectivity index is 2.24. The van der Waals surface area contributed by atoms with Crippen LogP contribution in [0.15, 0.2) is 45.3 Å². The van der Waals surface area contributed by atoms with Crippen LogP contribution in [0.3, 0.4) is 0 Å². The lowest BCUT2D eigenvalue weighted by Gasteiger charge is -2.01. The molecule has 2 aromatic rings. The lowest BCUT2D eigenvalue weighted by molar-refractivity contribution is 1.41. The lowest BCUT2D eigenvalue weighted by atomic mass is 10.1. The minimum atomic E-state index is 1.15. The van der Waals surface area contributed by atoms with Crippen LogP contribution in [0.4, 0.5) is 0 Å². The fraction of sp³-hybridized carbons (Fsp3) is 0.125. The van der Waals surface area contributed by atoms with Gasteiger partial charge in [-0.15, -0.1) is 0 Å². The predicted octanol–water partition coefficient (Wildman–Crippen LogP) is 6.00. The average Bonchev–Trinajstić information content (AvgIpc) is 2.35. The van der Waals surface area contributed by atoms with Gasteiger partial charge in [0, 0.05) is 8.95 Å². The topological polar surface area (TPSA) is 0 Å². The van der Waals surface area contributed by atoms with Gasteiger partial charge in [-0.2, -0.15) is 0 Å². The van der Waals surface area contributed by atoms with Crippen molar-refractivity contribution in [2.24, 2.45) is 0 Å². The molecule has 0 atom stereocenters. The fourth-order valence-corrected chi connectivity index (χ4v) is 2.23. The van der Waals surface area contributed by atoms with Gasteiger partial charge in [-0.1, -0.05) is 68.3 Å². The summed E-state index contributed by atoms with van der Waals surface area (Å²) in [7, 11) is 0. The molecule has 92 valence electrons. The maximum absolute atomic E-state index is 3.51. The first kappa shape index (κ1) is 13.6. The van der Waals surface area contributed by atoms with Gasteiger partial charge in [-0.25, -0.2) is 0 Å². The van der Waals surface area contributed by atoms with Gasteiger partial charge in [-0.05, 0) is 48.2 Å². The highest BCUT2D eigenvalue weighted by atomic mass is 79.9. The maximum Gasteiger partial charge on any atom is 0.0204 e. The quantitative estimate of drug-likeness (QED) is 0.572. The molecule has 0 saturated carbocycles. The van der Waals surface area contributed by atoms with Crippen LogP contribution in [0.25, 0.3) is 12.2 Å². The second-order valence-corrected chi connectivity index (χ2v) is 6.06. The van der Waals surface area contributed by atoms with Crippen molar-refractivity contribution < 1.29 is 0 Å².